The molecule has 1 aliphatic heterocycles. The van der Waals surface area contributed by atoms with Crippen LogP contribution in [0.25, 0.3) is 0 Å². The first-order valence-corrected chi connectivity index (χ1v) is 8.55. The fraction of sp³-hybridized carbons (Fsp3) is 0.632. The van der Waals surface area contributed by atoms with E-state index in [-0.39, 0.29) is 11.9 Å². The molecule has 1 aliphatic rings. The Morgan fingerprint density at radius 2 is 1.87 bits per heavy atom. The van der Waals surface area contributed by atoms with E-state index in [4.69, 9.17) is 4.74 Å². The molecule has 0 bridgehead atoms. The van der Waals surface area contributed by atoms with Gasteiger partial charge in [0.1, 0.15) is 6.04 Å². The molecule has 1 fully saturated rings. The zero-order valence-electron chi connectivity index (χ0n) is 14.9. The normalized spacial score (nSPS) is 17.3. The lowest BCUT2D eigenvalue weighted by molar-refractivity contribution is -0.135. The van der Waals surface area contributed by atoms with Gasteiger partial charge in [-0.25, -0.2) is 0 Å². The molecule has 4 heteroatoms. The topological polar surface area (TPSA) is 32.8 Å². The standard InChI is InChI=1S/C19H30N2O2/c1-15-7-5-6-8-17(15)18(20(2)3)19(22)21(4)12-9-16-10-13-23-14-11-16/h5-8,16,18H,9-14H2,1-4H3. The van der Waals surface area contributed by atoms with Gasteiger partial charge in [-0.15, -0.1) is 0 Å². The summed E-state index contributed by atoms with van der Waals surface area (Å²) >= 11 is 0. The van der Waals surface area contributed by atoms with Crippen LogP contribution in [0.1, 0.15) is 36.4 Å². The number of benzene rings is 1. The quantitative estimate of drug-likeness (QED) is 0.808. The molecule has 0 saturated carbocycles. The molecule has 0 spiro atoms. The predicted molar refractivity (Wildman–Crippen MR) is 93.4 cm³/mol. The molecular formula is C19H30N2O2. The lowest BCUT2D eigenvalue weighted by Gasteiger charge is -2.31. The Morgan fingerprint density at radius 1 is 1.22 bits per heavy atom. The van der Waals surface area contributed by atoms with Crippen LogP contribution >= 0.6 is 0 Å². The van der Waals surface area contributed by atoms with Crippen LogP contribution in [0.2, 0.25) is 0 Å². The lowest BCUT2D eigenvalue weighted by Crippen LogP contribution is -2.39. The van der Waals surface area contributed by atoms with Gasteiger partial charge in [-0.1, -0.05) is 24.3 Å². The van der Waals surface area contributed by atoms with E-state index in [1.165, 1.54) is 0 Å². The van der Waals surface area contributed by atoms with E-state index in [9.17, 15) is 4.79 Å². The van der Waals surface area contributed by atoms with Crippen LogP contribution in [0.3, 0.4) is 0 Å². The Morgan fingerprint density at radius 3 is 2.48 bits per heavy atom. The van der Waals surface area contributed by atoms with Gasteiger partial charge in [0.25, 0.3) is 0 Å². The van der Waals surface area contributed by atoms with Crippen LogP contribution in [0, 0.1) is 12.8 Å². The summed E-state index contributed by atoms with van der Waals surface area (Å²) in [6.07, 6.45) is 3.31. The molecule has 0 radical (unpaired) electrons. The molecule has 1 atom stereocenters. The van der Waals surface area contributed by atoms with Crippen LogP contribution in [0.5, 0.6) is 0 Å². The van der Waals surface area contributed by atoms with Crippen molar-refractivity contribution in [2.45, 2.75) is 32.2 Å². The summed E-state index contributed by atoms with van der Waals surface area (Å²) in [7, 11) is 5.87. The zero-order chi connectivity index (χ0) is 16.8. The molecule has 23 heavy (non-hydrogen) atoms. The third kappa shape index (κ3) is 4.79. The second kappa shape index (κ2) is 8.46. The van der Waals surface area contributed by atoms with Crippen LogP contribution in [0.4, 0.5) is 0 Å². The van der Waals surface area contributed by atoms with Crippen molar-refractivity contribution in [1.29, 1.82) is 0 Å². The summed E-state index contributed by atoms with van der Waals surface area (Å²) in [5, 5.41) is 0. The summed E-state index contributed by atoms with van der Waals surface area (Å²) in [5.41, 5.74) is 2.26. The summed E-state index contributed by atoms with van der Waals surface area (Å²) < 4.78 is 5.41. The van der Waals surface area contributed by atoms with Gasteiger partial charge >= 0.3 is 0 Å². The predicted octanol–water partition coefficient (Wildman–Crippen LogP) is 2.87. The lowest BCUT2D eigenvalue weighted by atomic mass is 9.96. The third-order valence-electron chi connectivity index (χ3n) is 4.82. The van der Waals surface area contributed by atoms with Gasteiger partial charge in [-0.05, 0) is 57.3 Å². The molecular weight excluding hydrogens is 288 g/mol. The molecule has 0 aromatic heterocycles. The highest BCUT2D eigenvalue weighted by molar-refractivity contribution is 5.83. The van der Waals surface area contributed by atoms with Gasteiger partial charge < -0.3 is 9.64 Å². The molecule has 1 heterocycles. The van der Waals surface area contributed by atoms with Gasteiger partial charge in [0, 0.05) is 26.8 Å². The van der Waals surface area contributed by atoms with E-state index >= 15 is 0 Å². The molecule has 0 N–H and O–H groups in total. The Bertz CT molecular complexity index is 510. The van der Waals surface area contributed by atoms with E-state index in [0.717, 1.165) is 50.1 Å². The number of ether oxygens (including phenoxy) is 1. The minimum atomic E-state index is -0.212. The molecule has 4 nitrogen and oxygen atoms in total. The highest BCUT2D eigenvalue weighted by Crippen LogP contribution is 2.25. The average molecular weight is 318 g/mol. The van der Waals surface area contributed by atoms with Gasteiger partial charge in [-0.2, -0.15) is 0 Å². The number of aryl methyl sites for hydroxylation is 1. The summed E-state index contributed by atoms with van der Waals surface area (Å²) in [6.45, 7) is 4.62. The number of amides is 1. The van der Waals surface area contributed by atoms with Crippen molar-refractivity contribution >= 4 is 5.91 Å². The van der Waals surface area contributed by atoms with Crippen molar-refractivity contribution in [3.8, 4) is 0 Å². The first kappa shape index (κ1) is 18.0. The van der Waals surface area contributed by atoms with E-state index in [1.54, 1.807) is 0 Å². The number of rotatable bonds is 6. The minimum absolute atomic E-state index is 0.177. The van der Waals surface area contributed by atoms with Gasteiger partial charge in [0.05, 0.1) is 0 Å². The maximum absolute atomic E-state index is 13.0. The Kier molecular flexibility index (Phi) is 6.60. The summed E-state index contributed by atoms with van der Waals surface area (Å²) in [6, 6.07) is 7.94. The summed E-state index contributed by atoms with van der Waals surface area (Å²) in [5.74, 6) is 0.867. The first-order chi connectivity index (χ1) is 11.0. The molecule has 1 saturated heterocycles. The van der Waals surface area contributed by atoms with E-state index in [2.05, 4.69) is 19.1 Å². The third-order valence-corrected chi connectivity index (χ3v) is 4.82. The van der Waals surface area contributed by atoms with E-state index in [1.807, 2.05) is 43.1 Å². The van der Waals surface area contributed by atoms with E-state index < -0.39 is 0 Å². The molecule has 128 valence electrons. The van der Waals surface area contributed by atoms with Crippen molar-refractivity contribution in [2.24, 2.45) is 5.92 Å². The van der Waals surface area contributed by atoms with Crippen molar-refractivity contribution in [3.05, 3.63) is 35.4 Å². The fourth-order valence-corrected chi connectivity index (χ4v) is 3.26. The van der Waals surface area contributed by atoms with Crippen molar-refractivity contribution in [2.75, 3.05) is 40.9 Å². The van der Waals surface area contributed by atoms with Crippen molar-refractivity contribution in [1.82, 2.24) is 9.80 Å². The maximum Gasteiger partial charge on any atom is 0.244 e. The SMILES string of the molecule is Cc1ccccc1C(C(=O)N(C)CCC1CCOCC1)N(C)C. The highest BCUT2D eigenvalue weighted by atomic mass is 16.5. The number of likely N-dealkylation sites (N-methyl/N-ethyl adjacent to an activating group) is 2. The number of hydrogen-bond acceptors (Lipinski definition) is 3. The number of hydrogen-bond donors (Lipinski definition) is 0. The Labute approximate surface area is 140 Å². The Hall–Kier alpha value is -1.39. The average Bonchev–Trinajstić information content (AvgIpc) is 2.55. The van der Waals surface area contributed by atoms with Crippen molar-refractivity contribution < 1.29 is 9.53 Å². The van der Waals surface area contributed by atoms with Crippen LogP contribution in [-0.2, 0) is 9.53 Å². The Balaban J connectivity index is 2.01. The molecule has 0 aliphatic carbocycles. The van der Waals surface area contributed by atoms with Gasteiger partial charge in [0.15, 0.2) is 0 Å². The maximum atomic E-state index is 13.0. The molecule has 2 rings (SSSR count). The smallest absolute Gasteiger partial charge is 0.244 e. The summed E-state index contributed by atoms with van der Waals surface area (Å²) in [4.78, 5) is 16.9. The zero-order valence-corrected chi connectivity index (χ0v) is 14.9. The first-order valence-electron chi connectivity index (χ1n) is 8.55. The number of carbonyl (C=O) groups excluding carboxylic acids is 1. The van der Waals surface area contributed by atoms with E-state index in [0.29, 0.717) is 5.92 Å². The molecule has 1 aromatic rings. The van der Waals surface area contributed by atoms with Crippen molar-refractivity contribution in [3.63, 3.8) is 0 Å². The minimum Gasteiger partial charge on any atom is -0.381 e. The highest BCUT2D eigenvalue weighted by Gasteiger charge is 2.27. The van der Waals surface area contributed by atoms with Gasteiger partial charge in [0.2, 0.25) is 5.91 Å². The molecule has 1 unspecified atom stereocenters. The number of nitrogens with zero attached hydrogens (tertiary/aromatic N) is 2. The molecule has 1 amide bonds. The molecule has 1 aromatic carbocycles. The monoisotopic (exact) mass is 318 g/mol. The number of carbonyl (C=O) groups is 1. The second-order valence-corrected chi connectivity index (χ2v) is 6.83. The van der Waals surface area contributed by atoms with Crippen LogP contribution in [0.15, 0.2) is 24.3 Å². The van der Waals surface area contributed by atoms with Gasteiger partial charge in [-0.3, -0.25) is 9.69 Å². The second-order valence-electron chi connectivity index (χ2n) is 6.83. The van der Waals surface area contributed by atoms with Crippen LogP contribution < -0.4 is 0 Å². The fourth-order valence-electron chi connectivity index (χ4n) is 3.26. The largest absolute Gasteiger partial charge is 0.381 e. The van der Waals surface area contributed by atoms with Crippen LogP contribution in [-0.4, -0.2) is 56.6 Å².